The Bertz CT molecular complexity index is 451. The molecule has 0 amide bonds. The van der Waals surface area contributed by atoms with E-state index in [0.29, 0.717) is 12.8 Å². The molecule has 4 heteroatoms. The Hall–Kier alpha value is -1.45. The monoisotopic (exact) mass is 226 g/mol. The molecule has 1 N–H and O–H groups in total. The summed E-state index contributed by atoms with van der Waals surface area (Å²) in [6.07, 6.45) is 1.49. The lowest BCUT2D eigenvalue weighted by Crippen LogP contribution is -2.43. The van der Waals surface area contributed by atoms with Gasteiger partial charge in [0.2, 0.25) is 0 Å². The number of halogens is 2. The summed E-state index contributed by atoms with van der Waals surface area (Å²) in [6.45, 7) is 1.45. The summed E-state index contributed by atoms with van der Waals surface area (Å²) in [6, 6.07) is 2.09. The number of carbonyl (C=O) groups is 1. The second kappa shape index (κ2) is 3.54. The predicted molar refractivity (Wildman–Crippen MR) is 54.3 cm³/mol. The molecule has 0 saturated heterocycles. The lowest BCUT2D eigenvalue weighted by Gasteiger charge is -2.38. The first-order valence-corrected chi connectivity index (χ1v) is 5.17. The third-order valence-corrected chi connectivity index (χ3v) is 3.38. The van der Waals surface area contributed by atoms with Gasteiger partial charge in [-0.1, -0.05) is 6.42 Å². The highest BCUT2D eigenvalue weighted by Crippen LogP contribution is 2.45. The van der Waals surface area contributed by atoms with Gasteiger partial charge >= 0.3 is 5.97 Å². The van der Waals surface area contributed by atoms with Crippen molar-refractivity contribution in [1.82, 2.24) is 0 Å². The molecule has 2 rings (SSSR count). The Balaban J connectivity index is 2.55. The minimum Gasteiger partial charge on any atom is -0.481 e. The zero-order chi connectivity index (χ0) is 11.9. The van der Waals surface area contributed by atoms with E-state index >= 15 is 0 Å². The summed E-state index contributed by atoms with van der Waals surface area (Å²) >= 11 is 0. The van der Waals surface area contributed by atoms with Gasteiger partial charge in [-0.3, -0.25) is 4.79 Å². The number of aliphatic carboxylic acids is 1. The molecule has 1 aromatic rings. The molecule has 1 fully saturated rings. The van der Waals surface area contributed by atoms with Crippen molar-refractivity contribution in [3.63, 3.8) is 0 Å². The van der Waals surface area contributed by atoms with Gasteiger partial charge in [0.25, 0.3) is 0 Å². The molecule has 0 atom stereocenters. The molecule has 0 aliphatic heterocycles. The second-order valence-corrected chi connectivity index (χ2v) is 4.32. The Morgan fingerprint density at radius 1 is 1.31 bits per heavy atom. The van der Waals surface area contributed by atoms with E-state index in [4.69, 9.17) is 5.11 Å². The van der Waals surface area contributed by atoms with Crippen LogP contribution in [-0.4, -0.2) is 11.1 Å². The Labute approximate surface area is 91.9 Å². The number of hydrogen-bond acceptors (Lipinski definition) is 1. The molecule has 1 saturated carbocycles. The molecule has 0 radical (unpaired) electrons. The smallest absolute Gasteiger partial charge is 0.314 e. The van der Waals surface area contributed by atoms with E-state index in [2.05, 4.69) is 0 Å². The van der Waals surface area contributed by atoms with E-state index in [1.165, 1.54) is 6.92 Å². The van der Waals surface area contributed by atoms with E-state index in [-0.39, 0.29) is 11.1 Å². The zero-order valence-corrected chi connectivity index (χ0v) is 8.89. The third kappa shape index (κ3) is 1.40. The minimum atomic E-state index is -1.21. The van der Waals surface area contributed by atoms with Gasteiger partial charge in [0.1, 0.15) is 11.6 Å². The molecule has 0 spiro atoms. The summed E-state index contributed by atoms with van der Waals surface area (Å²) < 4.78 is 27.0. The fraction of sp³-hybridized carbons (Fsp3) is 0.417. The molecule has 0 aromatic heterocycles. The summed E-state index contributed by atoms with van der Waals surface area (Å²) in [5.74, 6) is -2.24. The van der Waals surface area contributed by atoms with Crippen molar-refractivity contribution >= 4 is 5.97 Å². The van der Waals surface area contributed by atoms with Gasteiger partial charge in [-0.2, -0.15) is 0 Å². The predicted octanol–water partition coefficient (Wildman–Crippen LogP) is 2.78. The molecule has 0 unspecified atom stereocenters. The summed E-state index contributed by atoms with van der Waals surface area (Å²) in [7, 11) is 0. The molecule has 2 nitrogen and oxygen atoms in total. The van der Waals surface area contributed by atoms with Crippen LogP contribution in [0.3, 0.4) is 0 Å². The van der Waals surface area contributed by atoms with Crippen molar-refractivity contribution in [3.8, 4) is 0 Å². The average Bonchev–Trinajstić information content (AvgIpc) is 2.11. The SMILES string of the molecule is Cc1cc(F)c(C2(C(=O)O)CCC2)cc1F. The molecular formula is C12H12F2O2. The van der Waals surface area contributed by atoms with E-state index in [9.17, 15) is 13.6 Å². The maximum Gasteiger partial charge on any atom is 0.314 e. The molecule has 16 heavy (non-hydrogen) atoms. The molecule has 0 heterocycles. The van der Waals surface area contributed by atoms with Gasteiger partial charge < -0.3 is 5.11 Å². The van der Waals surface area contributed by atoms with Gasteiger partial charge in [-0.05, 0) is 37.5 Å². The fourth-order valence-electron chi connectivity index (χ4n) is 2.14. The number of carboxylic acids is 1. The van der Waals surface area contributed by atoms with Gasteiger partial charge in [-0.25, -0.2) is 8.78 Å². The first-order valence-electron chi connectivity index (χ1n) is 5.17. The van der Waals surface area contributed by atoms with Gasteiger partial charge in [0, 0.05) is 5.56 Å². The quantitative estimate of drug-likeness (QED) is 0.841. The van der Waals surface area contributed by atoms with Gasteiger partial charge in [0.15, 0.2) is 0 Å². The maximum absolute atomic E-state index is 13.7. The van der Waals surface area contributed by atoms with E-state index < -0.39 is 23.0 Å². The average molecular weight is 226 g/mol. The second-order valence-electron chi connectivity index (χ2n) is 4.32. The van der Waals surface area contributed by atoms with Crippen LogP contribution in [0.4, 0.5) is 8.78 Å². The Kier molecular flexibility index (Phi) is 2.45. The van der Waals surface area contributed by atoms with Crippen molar-refractivity contribution < 1.29 is 18.7 Å². The van der Waals surface area contributed by atoms with Crippen molar-refractivity contribution in [1.29, 1.82) is 0 Å². The number of hydrogen-bond donors (Lipinski definition) is 1. The van der Waals surface area contributed by atoms with Crippen molar-refractivity contribution in [2.75, 3.05) is 0 Å². The summed E-state index contributed by atoms with van der Waals surface area (Å²) in [5, 5.41) is 9.13. The van der Waals surface area contributed by atoms with Crippen molar-refractivity contribution in [2.24, 2.45) is 0 Å². The van der Waals surface area contributed by atoms with Crippen LogP contribution in [0.5, 0.6) is 0 Å². The standard InChI is InChI=1S/C12H12F2O2/c1-7-5-10(14)8(6-9(7)13)12(11(15)16)3-2-4-12/h5-6H,2-4H2,1H3,(H,15,16). The molecule has 86 valence electrons. The molecular weight excluding hydrogens is 214 g/mol. The highest BCUT2D eigenvalue weighted by atomic mass is 19.1. The van der Waals surface area contributed by atoms with Gasteiger partial charge in [-0.15, -0.1) is 0 Å². The van der Waals surface area contributed by atoms with Crippen LogP contribution in [0.15, 0.2) is 12.1 Å². The number of aryl methyl sites for hydroxylation is 1. The van der Waals surface area contributed by atoms with Crippen molar-refractivity contribution in [3.05, 3.63) is 34.9 Å². The minimum absolute atomic E-state index is 0.0191. The summed E-state index contributed by atoms with van der Waals surface area (Å²) in [5.41, 5.74) is -1.03. The number of carboxylic acid groups (broad SMARTS) is 1. The lowest BCUT2D eigenvalue weighted by molar-refractivity contribution is -0.147. The Morgan fingerprint density at radius 2 is 1.94 bits per heavy atom. The van der Waals surface area contributed by atoms with E-state index in [0.717, 1.165) is 18.6 Å². The zero-order valence-electron chi connectivity index (χ0n) is 8.89. The molecule has 1 aliphatic rings. The first kappa shape index (κ1) is 11.0. The lowest BCUT2D eigenvalue weighted by atomic mass is 9.64. The maximum atomic E-state index is 13.7. The van der Waals surface area contributed by atoms with Crippen LogP contribution in [0, 0.1) is 18.6 Å². The van der Waals surface area contributed by atoms with Crippen LogP contribution in [0.25, 0.3) is 0 Å². The largest absolute Gasteiger partial charge is 0.481 e. The van der Waals surface area contributed by atoms with Gasteiger partial charge in [0.05, 0.1) is 5.41 Å². The highest BCUT2D eigenvalue weighted by Gasteiger charge is 2.47. The van der Waals surface area contributed by atoms with Crippen molar-refractivity contribution in [2.45, 2.75) is 31.6 Å². The normalized spacial score (nSPS) is 17.9. The fourth-order valence-corrected chi connectivity index (χ4v) is 2.14. The highest BCUT2D eigenvalue weighted by molar-refractivity contribution is 5.82. The molecule has 1 aliphatic carbocycles. The molecule has 0 bridgehead atoms. The Morgan fingerprint density at radius 3 is 2.38 bits per heavy atom. The van der Waals surface area contributed by atoms with E-state index in [1.807, 2.05) is 0 Å². The van der Waals surface area contributed by atoms with Crippen LogP contribution < -0.4 is 0 Å². The third-order valence-electron chi connectivity index (χ3n) is 3.38. The molecule has 1 aromatic carbocycles. The number of rotatable bonds is 2. The summed E-state index contributed by atoms with van der Waals surface area (Å²) in [4.78, 5) is 11.2. The van der Waals surface area contributed by atoms with Crippen LogP contribution in [0.1, 0.15) is 30.4 Å². The topological polar surface area (TPSA) is 37.3 Å². The van der Waals surface area contributed by atoms with Crippen LogP contribution >= 0.6 is 0 Å². The van der Waals surface area contributed by atoms with E-state index in [1.54, 1.807) is 0 Å². The van der Waals surface area contributed by atoms with Crippen LogP contribution in [-0.2, 0) is 10.2 Å². The first-order chi connectivity index (χ1) is 7.47. The van der Waals surface area contributed by atoms with Crippen LogP contribution in [0.2, 0.25) is 0 Å². The number of benzene rings is 1.